The van der Waals surface area contributed by atoms with Crippen LogP contribution in [0.15, 0.2) is 18.2 Å². The third-order valence-electron chi connectivity index (χ3n) is 4.96. The van der Waals surface area contributed by atoms with E-state index >= 15 is 0 Å². The minimum atomic E-state index is 0.0872. The van der Waals surface area contributed by atoms with Gasteiger partial charge in [0.15, 0.2) is 0 Å². The lowest BCUT2D eigenvalue weighted by Crippen LogP contribution is -2.28. The molecule has 124 valence electrons. The summed E-state index contributed by atoms with van der Waals surface area (Å²) in [6.45, 7) is 5.81. The number of amides is 1. The van der Waals surface area contributed by atoms with Crippen LogP contribution in [0.2, 0.25) is 0 Å². The summed E-state index contributed by atoms with van der Waals surface area (Å²) in [5, 5.41) is 1.14. The SMILES string of the molecule is Cc1[nH]c2c(C(=O)N(C)CCC[C@H]3CCCO3)cccc2c1C. The first-order valence-electron chi connectivity index (χ1n) is 8.53. The molecule has 1 atom stereocenters. The second-order valence-electron chi connectivity index (χ2n) is 6.61. The van der Waals surface area contributed by atoms with Crippen LogP contribution in [0.5, 0.6) is 0 Å². The summed E-state index contributed by atoms with van der Waals surface area (Å²) in [5.41, 5.74) is 4.06. The molecule has 3 rings (SSSR count). The van der Waals surface area contributed by atoms with Crippen LogP contribution in [-0.2, 0) is 4.74 Å². The second-order valence-corrected chi connectivity index (χ2v) is 6.61. The van der Waals surface area contributed by atoms with Gasteiger partial charge in [-0.1, -0.05) is 12.1 Å². The Morgan fingerprint density at radius 3 is 2.96 bits per heavy atom. The number of H-pyrrole nitrogens is 1. The lowest BCUT2D eigenvalue weighted by molar-refractivity contribution is 0.0764. The third-order valence-corrected chi connectivity index (χ3v) is 4.96. The number of fused-ring (bicyclic) bond motifs is 1. The van der Waals surface area contributed by atoms with Crippen molar-refractivity contribution in [3.05, 3.63) is 35.0 Å². The minimum absolute atomic E-state index is 0.0872. The van der Waals surface area contributed by atoms with Gasteiger partial charge in [-0.25, -0.2) is 0 Å². The van der Waals surface area contributed by atoms with Gasteiger partial charge >= 0.3 is 0 Å². The van der Waals surface area contributed by atoms with E-state index in [1.807, 2.05) is 24.1 Å². The van der Waals surface area contributed by atoms with E-state index in [4.69, 9.17) is 4.74 Å². The molecule has 1 fully saturated rings. The van der Waals surface area contributed by atoms with Gasteiger partial charge in [-0.2, -0.15) is 0 Å². The number of nitrogens with zero attached hydrogens (tertiary/aromatic N) is 1. The van der Waals surface area contributed by atoms with E-state index < -0.39 is 0 Å². The van der Waals surface area contributed by atoms with Crippen molar-refractivity contribution in [2.75, 3.05) is 20.2 Å². The maximum absolute atomic E-state index is 12.8. The summed E-state index contributed by atoms with van der Waals surface area (Å²) in [4.78, 5) is 18.0. The van der Waals surface area contributed by atoms with Crippen molar-refractivity contribution in [1.29, 1.82) is 0 Å². The topological polar surface area (TPSA) is 45.3 Å². The predicted molar refractivity (Wildman–Crippen MR) is 92.9 cm³/mol. The molecule has 0 saturated carbocycles. The number of hydrogen-bond donors (Lipinski definition) is 1. The molecule has 4 heteroatoms. The first-order valence-corrected chi connectivity index (χ1v) is 8.53. The van der Waals surface area contributed by atoms with Crippen LogP contribution in [0.4, 0.5) is 0 Å². The monoisotopic (exact) mass is 314 g/mol. The number of para-hydroxylation sites is 1. The van der Waals surface area contributed by atoms with Crippen molar-refractivity contribution >= 4 is 16.8 Å². The molecule has 1 aromatic heterocycles. The molecule has 0 radical (unpaired) electrons. The molecule has 0 spiro atoms. The van der Waals surface area contributed by atoms with Crippen LogP contribution in [0, 0.1) is 13.8 Å². The highest BCUT2D eigenvalue weighted by Crippen LogP contribution is 2.25. The number of aryl methyl sites for hydroxylation is 2. The summed E-state index contributed by atoms with van der Waals surface area (Å²) in [7, 11) is 1.89. The lowest BCUT2D eigenvalue weighted by atomic mass is 10.1. The summed E-state index contributed by atoms with van der Waals surface area (Å²) >= 11 is 0. The van der Waals surface area contributed by atoms with E-state index in [1.54, 1.807) is 0 Å². The smallest absolute Gasteiger partial charge is 0.255 e. The first-order chi connectivity index (χ1) is 11.1. The minimum Gasteiger partial charge on any atom is -0.378 e. The molecule has 1 aliphatic heterocycles. The Bertz CT molecular complexity index is 699. The van der Waals surface area contributed by atoms with Gasteiger partial charge in [0, 0.05) is 31.3 Å². The number of aromatic amines is 1. The number of ether oxygens (including phenoxy) is 1. The Morgan fingerprint density at radius 2 is 2.22 bits per heavy atom. The number of carbonyl (C=O) groups excluding carboxylic acids is 1. The van der Waals surface area contributed by atoms with Crippen LogP contribution in [-0.4, -0.2) is 42.1 Å². The van der Waals surface area contributed by atoms with Gasteiger partial charge in [-0.05, 0) is 51.2 Å². The largest absolute Gasteiger partial charge is 0.378 e. The highest BCUT2D eigenvalue weighted by atomic mass is 16.5. The number of hydrogen-bond acceptors (Lipinski definition) is 2. The molecule has 23 heavy (non-hydrogen) atoms. The lowest BCUT2D eigenvalue weighted by Gasteiger charge is -2.18. The number of benzene rings is 1. The number of rotatable bonds is 5. The molecule has 1 amide bonds. The Labute approximate surface area is 137 Å². The normalized spacial score (nSPS) is 17.8. The van der Waals surface area contributed by atoms with E-state index in [0.717, 1.165) is 54.6 Å². The van der Waals surface area contributed by atoms with Crippen molar-refractivity contribution in [1.82, 2.24) is 9.88 Å². The molecule has 1 saturated heterocycles. The zero-order chi connectivity index (χ0) is 16.4. The van der Waals surface area contributed by atoms with Gasteiger partial charge < -0.3 is 14.6 Å². The van der Waals surface area contributed by atoms with Crippen molar-refractivity contribution in [2.24, 2.45) is 0 Å². The molecule has 4 nitrogen and oxygen atoms in total. The molecule has 0 aliphatic carbocycles. The molecular formula is C19H26N2O2. The maximum Gasteiger partial charge on any atom is 0.255 e. The van der Waals surface area contributed by atoms with E-state index in [0.29, 0.717) is 6.10 Å². The van der Waals surface area contributed by atoms with E-state index in [-0.39, 0.29) is 5.91 Å². The Balaban J connectivity index is 1.68. The van der Waals surface area contributed by atoms with Gasteiger partial charge in [0.05, 0.1) is 17.2 Å². The molecule has 0 bridgehead atoms. The van der Waals surface area contributed by atoms with E-state index in [9.17, 15) is 4.79 Å². The molecule has 0 unspecified atom stereocenters. The third kappa shape index (κ3) is 3.27. The zero-order valence-electron chi connectivity index (χ0n) is 14.3. The second kappa shape index (κ2) is 6.75. The molecule has 2 aromatic rings. The van der Waals surface area contributed by atoms with Crippen molar-refractivity contribution in [3.8, 4) is 0 Å². The van der Waals surface area contributed by atoms with E-state index in [1.165, 1.54) is 12.0 Å². The maximum atomic E-state index is 12.8. The fraction of sp³-hybridized carbons (Fsp3) is 0.526. The van der Waals surface area contributed by atoms with Crippen molar-refractivity contribution in [2.45, 2.75) is 45.6 Å². The summed E-state index contributed by atoms with van der Waals surface area (Å²) in [6.07, 6.45) is 4.77. The van der Waals surface area contributed by atoms with Crippen molar-refractivity contribution < 1.29 is 9.53 Å². The van der Waals surface area contributed by atoms with Gasteiger partial charge in [-0.3, -0.25) is 4.79 Å². The average molecular weight is 314 g/mol. The fourth-order valence-electron chi connectivity index (χ4n) is 3.40. The highest BCUT2D eigenvalue weighted by Gasteiger charge is 2.19. The summed E-state index contributed by atoms with van der Waals surface area (Å²) < 4.78 is 5.65. The van der Waals surface area contributed by atoms with E-state index in [2.05, 4.69) is 24.9 Å². The Morgan fingerprint density at radius 1 is 1.39 bits per heavy atom. The van der Waals surface area contributed by atoms with Crippen LogP contribution >= 0.6 is 0 Å². The van der Waals surface area contributed by atoms with Gasteiger partial charge in [0.1, 0.15) is 0 Å². The predicted octanol–water partition coefficient (Wildman–Crippen LogP) is 3.82. The van der Waals surface area contributed by atoms with Gasteiger partial charge in [0.25, 0.3) is 5.91 Å². The fourth-order valence-corrected chi connectivity index (χ4v) is 3.40. The Kier molecular flexibility index (Phi) is 4.71. The summed E-state index contributed by atoms with van der Waals surface area (Å²) in [6, 6.07) is 5.95. The molecule has 1 aliphatic rings. The highest BCUT2D eigenvalue weighted by molar-refractivity contribution is 6.06. The average Bonchev–Trinajstić information content (AvgIpc) is 3.16. The number of carbonyl (C=O) groups is 1. The van der Waals surface area contributed by atoms with Crippen molar-refractivity contribution in [3.63, 3.8) is 0 Å². The van der Waals surface area contributed by atoms with Crippen LogP contribution < -0.4 is 0 Å². The molecular weight excluding hydrogens is 288 g/mol. The quantitative estimate of drug-likeness (QED) is 0.912. The van der Waals surface area contributed by atoms with Gasteiger partial charge in [-0.15, -0.1) is 0 Å². The zero-order valence-corrected chi connectivity index (χ0v) is 14.3. The summed E-state index contributed by atoms with van der Waals surface area (Å²) in [5.74, 6) is 0.0872. The van der Waals surface area contributed by atoms with Crippen LogP contribution in [0.1, 0.15) is 47.3 Å². The first kappa shape index (κ1) is 16.1. The molecule has 1 N–H and O–H groups in total. The molecule has 1 aromatic carbocycles. The van der Waals surface area contributed by atoms with Crippen LogP contribution in [0.3, 0.4) is 0 Å². The Hall–Kier alpha value is -1.81. The molecule has 2 heterocycles. The number of aromatic nitrogens is 1. The standard InChI is InChI=1S/C19H26N2O2/c1-13-14(2)20-18-16(13)9-4-10-17(18)19(22)21(3)11-5-7-15-8-6-12-23-15/h4,9-10,15,20H,5-8,11-12H2,1-3H3/t15-/m0/s1. The van der Waals surface area contributed by atoms with Gasteiger partial charge in [0.2, 0.25) is 0 Å². The van der Waals surface area contributed by atoms with Crippen LogP contribution in [0.25, 0.3) is 10.9 Å². The number of nitrogens with one attached hydrogen (secondary N) is 1.